The smallest absolute Gasteiger partial charge is 0.349 e. The van der Waals surface area contributed by atoms with Gasteiger partial charge in [-0.3, -0.25) is 0 Å². The molecule has 0 aliphatic rings. The average molecular weight is 209 g/mol. The molecule has 0 aliphatic heterocycles. The Morgan fingerprint density at radius 2 is 2.20 bits per heavy atom. The molecule has 3 N–H and O–H groups in total. The zero-order valence-corrected chi connectivity index (χ0v) is 9.11. The van der Waals surface area contributed by atoms with Gasteiger partial charge >= 0.3 is 5.69 Å². The molecule has 1 heterocycles. The van der Waals surface area contributed by atoms with Crippen molar-refractivity contribution in [2.24, 2.45) is 7.05 Å². The third-order valence-corrected chi connectivity index (χ3v) is 1.42. The summed E-state index contributed by atoms with van der Waals surface area (Å²) in [6.07, 6.45) is 1.48. The molecule has 82 valence electrons. The van der Waals surface area contributed by atoms with Crippen molar-refractivity contribution < 1.29 is 5.11 Å². The van der Waals surface area contributed by atoms with Crippen molar-refractivity contribution in [3.8, 4) is 11.8 Å². The summed E-state index contributed by atoms with van der Waals surface area (Å²) in [5, 5.41) is 8.44. The topological polar surface area (TPSA) is 81.1 Å². The molecule has 1 aromatic rings. The van der Waals surface area contributed by atoms with E-state index in [0.717, 1.165) is 0 Å². The van der Waals surface area contributed by atoms with Gasteiger partial charge in [0.15, 0.2) is 0 Å². The standard InChI is InChI=1S/C8H9N3O2.C2H6/c1-11-5-6(3-2-4-12)7(9)10-8(11)13;1-2/h5,12H,4H2,1H3,(H2,9,10,13);1-2H3. The van der Waals surface area contributed by atoms with Crippen LogP contribution in [-0.4, -0.2) is 21.3 Å². The molecule has 0 amide bonds. The number of nitrogens with two attached hydrogens (primary N) is 1. The largest absolute Gasteiger partial charge is 0.384 e. The van der Waals surface area contributed by atoms with Crippen LogP contribution < -0.4 is 11.4 Å². The van der Waals surface area contributed by atoms with Crippen molar-refractivity contribution in [2.45, 2.75) is 13.8 Å². The van der Waals surface area contributed by atoms with Crippen LogP contribution in [0.25, 0.3) is 0 Å². The highest BCUT2D eigenvalue weighted by Gasteiger charge is 1.99. The Hall–Kier alpha value is -1.80. The highest BCUT2D eigenvalue weighted by atomic mass is 16.2. The molecule has 5 nitrogen and oxygen atoms in total. The molecule has 0 radical (unpaired) electrons. The van der Waals surface area contributed by atoms with E-state index in [1.165, 1.54) is 10.8 Å². The Balaban J connectivity index is 0.000000921. The number of hydrogen-bond acceptors (Lipinski definition) is 4. The molecule has 0 unspecified atom stereocenters. The van der Waals surface area contributed by atoms with Crippen molar-refractivity contribution >= 4 is 5.82 Å². The molecule has 1 rings (SSSR count). The van der Waals surface area contributed by atoms with Crippen LogP contribution in [0, 0.1) is 11.8 Å². The van der Waals surface area contributed by atoms with Crippen molar-refractivity contribution in [3.05, 3.63) is 22.2 Å². The van der Waals surface area contributed by atoms with E-state index in [1.54, 1.807) is 7.05 Å². The molecule has 5 heteroatoms. The number of nitrogens with zero attached hydrogens (tertiary/aromatic N) is 2. The fourth-order valence-corrected chi connectivity index (χ4v) is 0.788. The molecule has 0 atom stereocenters. The highest BCUT2D eigenvalue weighted by molar-refractivity contribution is 5.48. The number of anilines is 1. The lowest BCUT2D eigenvalue weighted by Crippen LogP contribution is -2.21. The van der Waals surface area contributed by atoms with Gasteiger partial charge in [-0.2, -0.15) is 4.98 Å². The number of rotatable bonds is 0. The van der Waals surface area contributed by atoms with Gasteiger partial charge in [-0.05, 0) is 0 Å². The molecule has 0 fully saturated rings. The van der Waals surface area contributed by atoms with E-state index in [0.29, 0.717) is 5.56 Å². The zero-order valence-electron chi connectivity index (χ0n) is 9.11. The minimum absolute atomic E-state index is 0.0871. The van der Waals surface area contributed by atoms with Crippen LogP contribution in [0.2, 0.25) is 0 Å². The van der Waals surface area contributed by atoms with E-state index >= 15 is 0 Å². The Kier molecular flexibility index (Phi) is 5.83. The molecule has 15 heavy (non-hydrogen) atoms. The van der Waals surface area contributed by atoms with E-state index in [4.69, 9.17) is 10.8 Å². The maximum atomic E-state index is 10.9. The second-order valence-corrected chi connectivity index (χ2v) is 2.39. The number of nitrogen functional groups attached to an aromatic ring is 1. The fourth-order valence-electron chi connectivity index (χ4n) is 0.788. The van der Waals surface area contributed by atoms with Gasteiger partial charge in [-0.1, -0.05) is 25.7 Å². The van der Waals surface area contributed by atoms with Gasteiger partial charge in [0.2, 0.25) is 0 Å². The van der Waals surface area contributed by atoms with Crippen molar-refractivity contribution in [2.75, 3.05) is 12.3 Å². The second kappa shape index (κ2) is 6.62. The summed E-state index contributed by atoms with van der Waals surface area (Å²) in [4.78, 5) is 14.5. The first kappa shape index (κ1) is 13.2. The minimum atomic E-state index is -0.424. The predicted molar refractivity (Wildman–Crippen MR) is 59.2 cm³/mol. The van der Waals surface area contributed by atoms with E-state index in [2.05, 4.69) is 16.8 Å². The lowest BCUT2D eigenvalue weighted by atomic mass is 10.3. The summed E-state index contributed by atoms with van der Waals surface area (Å²) in [5.41, 5.74) is 5.44. The van der Waals surface area contributed by atoms with Crippen LogP contribution >= 0.6 is 0 Å². The summed E-state index contributed by atoms with van der Waals surface area (Å²) in [5.74, 6) is 5.09. The normalized spacial score (nSPS) is 8.27. The summed E-state index contributed by atoms with van der Waals surface area (Å²) < 4.78 is 1.28. The highest BCUT2D eigenvalue weighted by Crippen LogP contribution is 2.00. The molecule has 0 aliphatic carbocycles. The number of aryl methyl sites for hydroxylation is 1. The summed E-state index contributed by atoms with van der Waals surface area (Å²) in [6.45, 7) is 3.75. The molecule has 0 spiro atoms. The molecule has 0 bridgehead atoms. The first-order valence-corrected chi connectivity index (χ1v) is 4.58. The summed E-state index contributed by atoms with van der Waals surface area (Å²) in [7, 11) is 1.55. The van der Waals surface area contributed by atoms with Gasteiger partial charge in [-0.25, -0.2) is 4.79 Å². The summed E-state index contributed by atoms with van der Waals surface area (Å²) >= 11 is 0. The third-order valence-electron chi connectivity index (χ3n) is 1.42. The van der Waals surface area contributed by atoms with E-state index in [-0.39, 0.29) is 12.4 Å². The average Bonchev–Trinajstić information content (AvgIpc) is 2.24. The van der Waals surface area contributed by atoms with Crippen LogP contribution in [0.3, 0.4) is 0 Å². The first-order valence-electron chi connectivity index (χ1n) is 4.58. The van der Waals surface area contributed by atoms with Crippen LogP contribution in [0.1, 0.15) is 19.4 Å². The van der Waals surface area contributed by atoms with Gasteiger partial charge in [0.1, 0.15) is 12.4 Å². The number of hydrogen-bond donors (Lipinski definition) is 2. The molecular weight excluding hydrogens is 194 g/mol. The van der Waals surface area contributed by atoms with Gasteiger partial charge in [0.25, 0.3) is 0 Å². The van der Waals surface area contributed by atoms with Crippen LogP contribution in [0.4, 0.5) is 5.82 Å². The zero-order chi connectivity index (χ0) is 11.8. The Morgan fingerprint density at radius 1 is 1.60 bits per heavy atom. The first-order chi connectivity index (χ1) is 7.15. The number of aromatic nitrogens is 2. The lowest BCUT2D eigenvalue weighted by molar-refractivity contribution is 0.350. The third kappa shape index (κ3) is 3.83. The minimum Gasteiger partial charge on any atom is -0.384 e. The maximum absolute atomic E-state index is 10.9. The maximum Gasteiger partial charge on any atom is 0.349 e. The molecule has 0 saturated carbocycles. The van der Waals surface area contributed by atoms with Crippen molar-refractivity contribution in [3.63, 3.8) is 0 Å². The molecule has 1 aromatic heterocycles. The van der Waals surface area contributed by atoms with Crippen molar-refractivity contribution in [1.29, 1.82) is 0 Å². The van der Waals surface area contributed by atoms with Crippen LogP contribution in [0.15, 0.2) is 11.0 Å². The number of aliphatic hydroxyl groups is 1. The van der Waals surface area contributed by atoms with E-state index in [1.807, 2.05) is 13.8 Å². The van der Waals surface area contributed by atoms with Gasteiger partial charge in [0.05, 0.1) is 5.56 Å². The Morgan fingerprint density at radius 3 is 2.73 bits per heavy atom. The number of aliphatic hydroxyl groups excluding tert-OH is 1. The van der Waals surface area contributed by atoms with Crippen LogP contribution in [0.5, 0.6) is 0 Å². The van der Waals surface area contributed by atoms with E-state index in [9.17, 15) is 4.79 Å². The van der Waals surface area contributed by atoms with Crippen molar-refractivity contribution in [1.82, 2.24) is 9.55 Å². The van der Waals surface area contributed by atoms with Gasteiger partial charge in [-0.15, -0.1) is 0 Å². The van der Waals surface area contributed by atoms with E-state index < -0.39 is 5.69 Å². The predicted octanol–water partition coefficient (Wildman–Crippen LogP) is -0.268. The molecule has 0 saturated heterocycles. The fraction of sp³-hybridized carbons (Fsp3) is 0.400. The van der Waals surface area contributed by atoms with Gasteiger partial charge in [0, 0.05) is 13.2 Å². The second-order valence-electron chi connectivity index (χ2n) is 2.39. The van der Waals surface area contributed by atoms with Gasteiger partial charge < -0.3 is 15.4 Å². The SMILES string of the molecule is CC.Cn1cc(C#CCO)c(N)nc1=O. The quantitative estimate of drug-likeness (QED) is 0.576. The van der Waals surface area contributed by atoms with Crippen LogP contribution in [-0.2, 0) is 7.05 Å². The molecular formula is C10H15N3O2. The Labute approximate surface area is 88.6 Å². The summed E-state index contributed by atoms with van der Waals surface area (Å²) in [6, 6.07) is 0. The lowest BCUT2D eigenvalue weighted by Gasteiger charge is -1.99. The monoisotopic (exact) mass is 209 g/mol. The molecule has 0 aromatic carbocycles. The Bertz CT molecular complexity index is 427.